The van der Waals surface area contributed by atoms with Gasteiger partial charge in [0.05, 0.1) is 4.90 Å². The van der Waals surface area contributed by atoms with Gasteiger partial charge < -0.3 is 0 Å². The molecule has 2 aliphatic rings. The van der Waals surface area contributed by atoms with Crippen molar-refractivity contribution in [1.29, 1.82) is 0 Å². The second-order valence-corrected chi connectivity index (χ2v) is 7.71. The molecule has 0 fully saturated rings. The van der Waals surface area contributed by atoms with Gasteiger partial charge in [-0.2, -0.15) is 0 Å². The van der Waals surface area contributed by atoms with Crippen LogP contribution in [0.4, 0.5) is 0 Å². The standard InChI is InChI=1S/C17H21NO2S/c1-3-14-6-7-15-10-11-18(12-17(14)15)21(19,20)16-8-4-13(2)5-9-16/h4-6,8-9,12,15H,3,7,10-11H2,1-2H3. The van der Waals surface area contributed by atoms with Gasteiger partial charge in [0.2, 0.25) is 0 Å². The molecule has 4 heteroatoms. The first-order chi connectivity index (χ1) is 10.0. The van der Waals surface area contributed by atoms with E-state index in [0.717, 1.165) is 24.8 Å². The molecular formula is C17H21NO2S. The van der Waals surface area contributed by atoms with E-state index >= 15 is 0 Å². The van der Waals surface area contributed by atoms with Crippen LogP contribution in [0.1, 0.15) is 31.7 Å². The third-order valence-electron chi connectivity index (χ3n) is 4.45. The Morgan fingerprint density at radius 3 is 2.62 bits per heavy atom. The smallest absolute Gasteiger partial charge is 0.263 e. The minimum atomic E-state index is -3.42. The van der Waals surface area contributed by atoms with Crippen molar-refractivity contribution in [1.82, 2.24) is 4.31 Å². The van der Waals surface area contributed by atoms with Crippen molar-refractivity contribution in [3.05, 3.63) is 53.3 Å². The van der Waals surface area contributed by atoms with Crippen LogP contribution in [0.5, 0.6) is 0 Å². The van der Waals surface area contributed by atoms with Gasteiger partial charge >= 0.3 is 0 Å². The summed E-state index contributed by atoms with van der Waals surface area (Å²) in [6, 6.07) is 7.08. The van der Waals surface area contributed by atoms with Crippen LogP contribution < -0.4 is 0 Å². The highest BCUT2D eigenvalue weighted by Crippen LogP contribution is 2.39. The third-order valence-corrected chi connectivity index (χ3v) is 6.22. The molecule has 1 aromatic carbocycles. The summed E-state index contributed by atoms with van der Waals surface area (Å²) in [5.41, 5.74) is 3.60. The Balaban J connectivity index is 1.95. The van der Waals surface area contributed by atoms with E-state index < -0.39 is 10.0 Å². The number of rotatable bonds is 3. The summed E-state index contributed by atoms with van der Waals surface area (Å²) in [5, 5.41) is 0. The van der Waals surface area contributed by atoms with E-state index in [2.05, 4.69) is 13.0 Å². The molecular weight excluding hydrogens is 282 g/mol. The molecule has 3 rings (SSSR count). The Morgan fingerprint density at radius 2 is 1.95 bits per heavy atom. The molecule has 1 unspecified atom stereocenters. The maximum atomic E-state index is 12.7. The summed E-state index contributed by atoms with van der Waals surface area (Å²) in [5.74, 6) is 0.518. The molecule has 0 bridgehead atoms. The zero-order valence-corrected chi connectivity index (χ0v) is 13.4. The molecule has 112 valence electrons. The Hall–Kier alpha value is -1.55. The molecule has 1 aliphatic carbocycles. The minimum Gasteiger partial charge on any atom is -0.273 e. The molecule has 21 heavy (non-hydrogen) atoms. The Morgan fingerprint density at radius 1 is 1.24 bits per heavy atom. The Labute approximate surface area is 127 Å². The predicted molar refractivity (Wildman–Crippen MR) is 84.3 cm³/mol. The van der Waals surface area contributed by atoms with E-state index in [1.807, 2.05) is 25.3 Å². The number of benzene rings is 1. The molecule has 1 heterocycles. The summed E-state index contributed by atoms with van der Waals surface area (Å²) < 4.78 is 27.0. The average molecular weight is 303 g/mol. The molecule has 0 N–H and O–H groups in total. The van der Waals surface area contributed by atoms with Crippen molar-refractivity contribution < 1.29 is 8.42 Å². The second-order valence-electron chi connectivity index (χ2n) is 5.82. The van der Waals surface area contributed by atoms with E-state index in [4.69, 9.17) is 0 Å². The van der Waals surface area contributed by atoms with Crippen molar-refractivity contribution in [2.24, 2.45) is 5.92 Å². The van der Waals surface area contributed by atoms with Gasteiger partial charge in [-0.25, -0.2) is 8.42 Å². The van der Waals surface area contributed by atoms with Gasteiger partial charge in [0.1, 0.15) is 0 Å². The largest absolute Gasteiger partial charge is 0.273 e. The van der Waals surface area contributed by atoms with E-state index in [9.17, 15) is 8.42 Å². The SMILES string of the molecule is CCC1=CCC2CCN(S(=O)(=O)c3ccc(C)cc3)C=C12. The maximum absolute atomic E-state index is 12.7. The summed E-state index contributed by atoms with van der Waals surface area (Å²) in [6.07, 6.45) is 7.08. The summed E-state index contributed by atoms with van der Waals surface area (Å²) >= 11 is 0. The fraction of sp³-hybridized carbons (Fsp3) is 0.412. The monoisotopic (exact) mass is 303 g/mol. The van der Waals surface area contributed by atoms with Crippen molar-refractivity contribution in [3.8, 4) is 0 Å². The topological polar surface area (TPSA) is 37.4 Å². The highest BCUT2D eigenvalue weighted by atomic mass is 32.2. The van der Waals surface area contributed by atoms with Crippen molar-refractivity contribution in [2.75, 3.05) is 6.54 Å². The van der Waals surface area contributed by atoms with Crippen LogP contribution in [-0.2, 0) is 10.0 Å². The molecule has 1 atom stereocenters. The number of hydrogen-bond acceptors (Lipinski definition) is 2. The molecule has 1 aliphatic heterocycles. The molecule has 3 nitrogen and oxygen atoms in total. The van der Waals surface area contributed by atoms with Crippen molar-refractivity contribution in [2.45, 2.75) is 38.0 Å². The lowest BCUT2D eigenvalue weighted by Crippen LogP contribution is -2.32. The second kappa shape index (κ2) is 5.34. The summed E-state index contributed by atoms with van der Waals surface area (Å²) in [7, 11) is -3.42. The minimum absolute atomic E-state index is 0.378. The van der Waals surface area contributed by atoms with Crippen LogP contribution in [0.3, 0.4) is 0 Å². The van der Waals surface area contributed by atoms with Crippen LogP contribution >= 0.6 is 0 Å². The molecule has 0 spiro atoms. The highest BCUT2D eigenvalue weighted by Gasteiger charge is 2.31. The Kier molecular flexibility index (Phi) is 3.66. The third kappa shape index (κ3) is 2.53. The number of hydrogen-bond donors (Lipinski definition) is 0. The molecule has 1 aromatic rings. The van der Waals surface area contributed by atoms with Gasteiger partial charge in [0, 0.05) is 12.7 Å². The van der Waals surface area contributed by atoms with Crippen LogP contribution in [0.2, 0.25) is 0 Å². The molecule has 0 saturated carbocycles. The number of allylic oxidation sites excluding steroid dienone is 3. The lowest BCUT2D eigenvalue weighted by Gasteiger charge is -2.29. The fourth-order valence-electron chi connectivity index (χ4n) is 3.14. The first-order valence-electron chi connectivity index (χ1n) is 7.52. The van der Waals surface area contributed by atoms with E-state index in [1.165, 1.54) is 15.5 Å². The van der Waals surface area contributed by atoms with Crippen LogP contribution in [0.25, 0.3) is 0 Å². The quantitative estimate of drug-likeness (QED) is 0.855. The lowest BCUT2D eigenvalue weighted by molar-refractivity contribution is 0.423. The normalized spacial score (nSPS) is 21.8. The summed E-state index contributed by atoms with van der Waals surface area (Å²) in [6.45, 7) is 4.67. The number of nitrogens with zero attached hydrogens (tertiary/aromatic N) is 1. The highest BCUT2D eigenvalue weighted by molar-refractivity contribution is 7.89. The molecule has 0 aromatic heterocycles. The van der Waals surface area contributed by atoms with Gasteiger partial charge in [-0.3, -0.25) is 4.31 Å². The molecule has 0 saturated heterocycles. The fourth-order valence-corrected chi connectivity index (χ4v) is 4.49. The van der Waals surface area contributed by atoms with Crippen molar-refractivity contribution >= 4 is 10.0 Å². The number of aryl methyl sites for hydroxylation is 1. The van der Waals surface area contributed by atoms with E-state index in [1.54, 1.807) is 12.1 Å². The van der Waals surface area contributed by atoms with Gasteiger partial charge in [0.25, 0.3) is 10.0 Å². The van der Waals surface area contributed by atoms with Gasteiger partial charge in [0.15, 0.2) is 0 Å². The zero-order valence-electron chi connectivity index (χ0n) is 12.5. The number of fused-ring (bicyclic) bond motifs is 1. The summed E-state index contributed by atoms with van der Waals surface area (Å²) in [4.78, 5) is 0.378. The van der Waals surface area contributed by atoms with Gasteiger partial charge in [-0.15, -0.1) is 0 Å². The zero-order chi connectivity index (χ0) is 15.0. The van der Waals surface area contributed by atoms with E-state index in [0.29, 0.717) is 17.4 Å². The molecule has 0 radical (unpaired) electrons. The Bertz CT molecular complexity index is 699. The average Bonchev–Trinajstić information content (AvgIpc) is 2.89. The van der Waals surface area contributed by atoms with E-state index in [-0.39, 0.29) is 0 Å². The lowest BCUT2D eigenvalue weighted by atomic mass is 9.93. The first kappa shape index (κ1) is 14.4. The van der Waals surface area contributed by atoms with Crippen LogP contribution in [-0.4, -0.2) is 19.3 Å². The van der Waals surface area contributed by atoms with Gasteiger partial charge in [-0.1, -0.05) is 30.7 Å². The van der Waals surface area contributed by atoms with Crippen molar-refractivity contribution in [3.63, 3.8) is 0 Å². The van der Waals surface area contributed by atoms with Crippen LogP contribution in [0.15, 0.2) is 52.6 Å². The van der Waals surface area contributed by atoms with Gasteiger partial charge in [-0.05, 0) is 55.4 Å². The molecule has 0 amide bonds. The first-order valence-corrected chi connectivity index (χ1v) is 8.96. The maximum Gasteiger partial charge on any atom is 0.263 e. The number of sulfonamides is 1. The van der Waals surface area contributed by atoms with Crippen LogP contribution in [0, 0.1) is 12.8 Å². The predicted octanol–water partition coefficient (Wildman–Crippen LogP) is 3.63.